The molecule has 1 aromatic carbocycles. The lowest BCUT2D eigenvalue weighted by atomic mass is 10.0. The standard InChI is InChI=1S/C22H21ClN6/c23-18-2-1-14-10-26-21(9-15(14)7-18)20-8-16(11-27-22(20)24)17-12-28-29(13-17)19-3-5-25-6-4-19/h1-2,7-13,19,25H,3-6H2,(H2,24,27). The monoisotopic (exact) mass is 404 g/mol. The van der Waals surface area contributed by atoms with Crippen molar-refractivity contribution in [3.8, 4) is 22.4 Å². The molecule has 3 N–H and O–H groups in total. The molecule has 0 atom stereocenters. The summed E-state index contributed by atoms with van der Waals surface area (Å²) in [4.78, 5) is 9.01. The average Bonchev–Trinajstić information content (AvgIpc) is 3.24. The van der Waals surface area contributed by atoms with Crippen molar-refractivity contribution in [3.63, 3.8) is 0 Å². The maximum atomic E-state index is 6.19. The minimum atomic E-state index is 0.443. The van der Waals surface area contributed by atoms with Crippen LogP contribution in [0.2, 0.25) is 5.02 Å². The van der Waals surface area contributed by atoms with Crippen LogP contribution in [-0.2, 0) is 0 Å². The highest BCUT2D eigenvalue weighted by Gasteiger charge is 2.17. The predicted molar refractivity (Wildman–Crippen MR) is 117 cm³/mol. The first-order chi connectivity index (χ1) is 14.2. The second kappa shape index (κ2) is 7.46. The quantitative estimate of drug-likeness (QED) is 0.531. The molecule has 146 valence electrons. The molecule has 7 heteroatoms. The van der Waals surface area contributed by atoms with Crippen LogP contribution in [0.25, 0.3) is 33.2 Å². The highest BCUT2D eigenvalue weighted by atomic mass is 35.5. The normalized spacial score (nSPS) is 15.1. The third-order valence-electron chi connectivity index (χ3n) is 5.50. The number of nitrogen functional groups attached to an aromatic ring is 1. The van der Waals surface area contributed by atoms with E-state index in [9.17, 15) is 0 Å². The minimum Gasteiger partial charge on any atom is -0.383 e. The average molecular weight is 405 g/mol. The van der Waals surface area contributed by atoms with Gasteiger partial charge in [-0.15, -0.1) is 0 Å². The van der Waals surface area contributed by atoms with E-state index in [1.807, 2.05) is 42.7 Å². The maximum absolute atomic E-state index is 6.19. The number of hydrogen-bond acceptors (Lipinski definition) is 5. The predicted octanol–water partition coefficient (Wildman–Crippen LogP) is 4.32. The van der Waals surface area contributed by atoms with Crippen molar-refractivity contribution >= 4 is 28.2 Å². The number of hydrogen-bond donors (Lipinski definition) is 2. The summed E-state index contributed by atoms with van der Waals surface area (Å²) in [6.07, 6.45) is 9.81. The molecule has 1 aliphatic rings. The molecule has 0 bridgehead atoms. The van der Waals surface area contributed by atoms with Crippen LogP contribution >= 0.6 is 11.6 Å². The fourth-order valence-electron chi connectivity index (χ4n) is 3.86. The van der Waals surface area contributed by atoms with Crippen LogP contribution in [-0.4, -0.2) is 32.8 Å². The molecule has 4 aromatic rings. The number of nitrogens with zero attached hydrogens (tertiary/aromatic N) is 4. The summed E-state index contributed by atoms with van der Waals surface area (Å²) in [5.74, 6) is 0.452. The van der Waals surface area contributed by atoms with E-state index < -0.39 is 0 Å². The Bertz CT molecular complexity index is 1180. The van der Waals surface area contributed by atoms with Crippen LogP contribution in [0.5, 0.6) is 0 Å². The van der Waals surface area contributed by atoms with Crippen molar-refractivity contribution in [3.05, 3.63) is 60.1 Å². The summed E-state index contributed by atoms with van der Waals surface area (Å²) in [6.45, 7) is 2.07. The van der Waals surface area contributed by atoms with Crippen molar-refractivity contribution in [2.45, 2.75) is 18.9 Å². The van der Waals surface area contributed by atoms with Gasteiger partial charge in [0.25, 0.3) is 0 Å². The first kappa shape index (κ1) is 18.1. The minimum absolute atomic E-state index is 0.443. The van der Waals surface area contributed by atoms with Gasteiger partial charge in [-0.25, -0.2) is 4.98 Å². The SMILES string of the molecule is Nc1ncc(-c2cnn(C3CCNCC3)c2)cc1-c1cc2cc(Cl)ccc2cn1. The number of anilines is 1. The molecule has 6 nitrogen and oxygen atoms in total. The highest BCUT2D eigenvalue weighted by Crippen LogP contribution is 2.31. The van der Waals surface area contributed by atoms with Crippen LogP contribution in [0, 0.1) is 0 Å². The number of rotatable bonds is 3. The number of piperidine rings is 1. The largest absolute Gasteiger partial charge is 0.383 e. The number of nitrogens with two attached hydrogens (primary N) is 1. The van der Waals surface area contributed by atoms with Gasteiger partial charge in [-0.05, 0) is 55.6 Å². The summed E-state index contributed by atoms with van der Waals surface area (Å²) in [6, 6.07) is 10.2. The van der Waals surface area contributed by atoms with E-state index in [-0.39, 0.29) is 0 Å². The van der Waals surface area contributed by atoms with E-state index in [0.717, 1.165) is 59.1 Å². The van der Waals surface area contributed by atoms with E-state index >= 15 is 0 Å². The van der Waals surface area contributed by atoms with Crippen molar-refractivity contribution < 1.29 is 0 Å². The summed E-state index contributed by atoms with van der Waals surface area (Å²) in [7, 11) is 0. The Kier molecular flexibility index (Phi) is 4.66. The Morgan fingerprint density at radius 3 is 2.69 bits per heavy atom. The molecule has 4 heterocycles. The Hall–Kier alpha value is -2.96. The smallest absolute Gasteiger partial charge is 0.132 e. The van der Waals surface area contributed by atoms with Gasteiger partial charge in [-0.1, -0.05) is 17.7 Å². The molecule has 0 saturated carbocycles. The second-order valence-corrected chi connectivity index (χ2v) is 7.84. The van der Waals surface area contributed by atoms with Crippen LogP contribution < -0.4 is 11.1 Å². The van der Waals surface area contributed by atoms with Crippen LogP contribution in [0.3, 0.4) is 0 Å². The molecule has 0 unspecified atom stereocenters. The van der Waals surface area contributed by atoms with E-state index in [0.29, 0.717) is 16.9 Å². The number of pyridine rings is 2. The van der Waals surface area contributed by atoms with Crippen LogP contribution in [0.1, 0.15) is 18.9 Å². The molecule has 1 saturated heterocycles. The van der Waals surface area contributed by atoms with Crippen LogP contribution in [0.4, 0.5) is 5.82 Å². The van der Waals surface area contributed by atoms with Gasteiger partial charge in [-0.3, -0.25) is 9.67 Å². The first-order valence-corrected chi connectivity index (χ1v) is 10.1. The molecule has 29 heavy (non-hydrogen) atoms. The van der Waals surface area contributed by atoms with E-state index in [1.54, 1.807) is 6.20 Å². The first-order valence-electron chi connectivity index (χ1n) is 9.74. The Labute approximate surface area is 173 Å². The summed E-state index contributed by atoms with van der Waals surface area (Å²) >= 11 is 6.15. The number of fused-ring (bicyclic) bond motifs is 1. The number of halogens is 1. The fraction of sp³-hybridized carbons (Fsp3) is 0.227. The molecule has 0 aliphatic carbocycles. The van der Waals surface area contributed by atoms with Gasteiger partial charge >= 0.3 is 0 Å². The van der Waals surface area contributed by atoms with Gasteiger partial charge in [0.1, 0.15) is 5.82 Å². The summed E-state index contributed by atoms with van der Waals surface area (Å²) in [5, 5.41) is 10.7. The third kappa shape index (κ3) is 3.57. The topological polar surface area (TPSA) is 81.6 Å². The van der Waals surface area contributed by atoms with Gasteiger partial charge in [-0.2, -0.15) is 5.10 Å². The van der Waals surface area contributed by atoms with Gasteiger partial charge < -0.3 is 11.1 Å². The number of nitrogens with one attached hydrogen (secondary N) is 1. The van der Waals surface area contributed by atoms with Gasteiger partial charge in [0.05, 0.1) is 17.9 Å². The van der Waals surface area contributed by atoms with E-state index in [2.05, 4.69) is 31.3 Å². The second-order valence-electron chi connectivity index (χ2n) is 7.41. The lowest BCUT2D eigenvalue weighted by Crippen LogP contribution is -2.29. The Morgan fingerprint density at radius 1 is 0.966 bits per heavy atom. The summed E-state index contributed by atoms with van der Waals surface area (Å²) < 4.78 is 2.07. The maximum Gasteiger partial charge on any atom is 0.132 e. The molecule has 1 aliphatic heterocycles. The Morgan fingerprint density at radius 2 is 1.83 bits per heavy atom. The molecule has 0 spiro atoms. The molecule has 3 aromatic heterocycles. The zero-order chi connectivity index (χ0) is 19.8. The summed E-state index contributed by atoms with van der Waals surface area (Å²) in [5.41, 5.74) is 9.77. The molecular weight excluding hydrogens is 384 g/mol. The molecular formula is C22H21ClN6. The van der Waals surface area contributed by atoms with E-state index in [4.69, 9.17) is 17.3 Å². The number of aromatic nitrogens is 4. The lowest BCUT2D eigenvalue weighted by Gasteiger charge is -2.22. The van der Waals surface area contributed by atoms with Gasteiger partial charge in [0.15, 0.2) is 0 Å². The lowest BCUT2D eigenvalue weighted by molar-refractivity contribution is 0.343. The van der Waals surface area contributed by atoms with Crippen molar-refractivity contribution in [2.24, 2.45) is 0 Å². The van der Waals surface area contributed by atoms with Crippen molar-refractivity contribution in [2.75, 3.05) is 18.8 Å². The molecule has 1 fully saturated rings. The fourth-order valence-corrected chi connectivity index (χ4v) is 4.04. The molecule has 5 rings (SSSR count). The zero-order valence-corrected chi connectivity index (χ0v) is 16.6. The van der Waals surface area contributed by atoms with Gasteiger partial charge in [0, 0.05) is 45.7 Å². The van der Waals surface area contributed by atoms with Crippen molar-refractivity contribution in [1.82, 2.24) is 25.1 Å². The molecule has 0 amide bonds. The van der Waals surface area contributed by atoms with Crippen LogP contribution in [0.15, 0.2) is 55.1 Å². The third-order valence-corrected chi connectivity index (χ3v) is 5.73. The Balaban J connectivity index is 1.51. The molecule has 0 radical (unpaired) electrons. The van der Waals surface area contributed by atoms with Crippen molar-refractivity contribution in [1.29, 1.82) is 0 Å². The highest BCUT2D eigenvalue weighted by molar-refractivity contribution is 6.31. The number of benzene rings is 1. The van der Waals surface area contributed by atoms with Gasteiger partial charge in [0.2, 0.25) is 0 Å². The van der Waals surface area contributed by atoms with E-state index in [1.165, 1.54) is 0 Å². The zero-order valence-electron chi connectivity index (χ0n) is 15.8.